The normalized spacial score (nSPS) is 27.6. The number of rotatable bonds is 4. The summed E-state index contributed by atoms with van der Waals surface area (Å²) in [5, 5.41) is 40.5. The summed E-state index contributed by atoms with van der Waals surface area (Å²) in [5.41, 5.74) is 1.76. The van der Waals surface area contributed by atoms with E-state index >= 15 is 0 Å². The summed E-state index contributed by atoms with van der Waals surface area (Å²) in [6.07, 6.45) is -8.94. The van der Waals surface area contributed by atoms with Crippen LogP contribution in [0.15, 0.2) is 53.7 Å². The van der Waals surface area contributed by atoms with Crippen LogP contribution in [-0.4, -0.2) is 72.4 Å². The molecule has 3 aromatic rings. The molecule has 2 aromatic carbocycles. The first-order valence-electron chi connectivity index (χ1n) is 10.9. The standard InChI is InChI=1S/C24H21ClFN3O7/c1-10-27-9-16-22(36-24-20(32)18(30)19(31)21(35-24)23(33)34)28-17(12-4-2-3-5-14(12)26)13-8-11(25)6-7-15(13)29(10)16/h2-9,18-22,24,30-32H,1H3,(H,33,34)/t18-,19-,20+,21-,22?,24-/m1/s1. The van der Waals surface area contributed by atoms with Crippen molar-refractivity contribution in [2.45, 2.75) is 43.9 Å². The van der Waals surface area contributed by atoms with Crippen molar-refractivity contribution >= 4 is 23.3 Å². The number of aryl methyl sites for hydroxylation is 1. The van der Waals surface area contributed by atoms with Gasteiger partial charge in [0.15, 0.2) is 18.6 Å². The number of carboxylic acids is 1. The second kappa shape index (κ2) is 9.36. The van der Waals surface area contributed by atoms with Crippen LogP contribution in [0.2, 0.25) is 5.02 Å². The smallest absolute Gasteiger partial charge is 0.335 e. The molecule has 12 heteroatoms. The molecule has 0 spiro atoms. The number of ether oxygens (including phenoxy) is 2. The first-order valence-corrected chi connectivity index (χ1v) is 11.3. The predicted molar refractivity (Wildman–Crippen MR) is 123 cm³/mol. The van der Waals surface area contributed by atoms with Crippen LogP contribution in [-0.2, 0) is 14.3 Å². The summed E-state index contributed by atoms with van der Waals surface area (Å²) in [6, 6.07) is 11.0. The highest BCUT2D eigenvalue weighted by Gasteiger charge is 2.48. The van der Waals surface area contributed by atoms with E-state index in [1.54, 1.807) is 35.8 Å². The minimum absolute atomic E-state index is 0.148. The quantitative estimate of drug-likeness (QED) is 0.409. The Balaban J connectivity index is 1.66. The molecule has 0 radical (unpaired) electrons. The van der Waals surface area contributed by atoms with Crippen molar-refractivity contribution in [2.75, 3.05) is 0 Å². The molecule has 0 bridgehead atoms. The lowest BCUT2D eigenvalue weighted by molar-refractivity contribution is -0.305. The van der Waals surface area contributed by atoms with Gasteiger partial charge in [-0.3, -0.25) is 4.57 Å². The second-order valence-electron chi connectivity index (χ2n) is 8.41. The first kappa shape index (κ1) is 24.5. The highest BCUT2D eigenvalue weighted by molar-refractivity contribution is 6.31. The Hall–Kier alpha value is -3.19. The third kappa shape index (κ3) is 4.09. The average Bonchev–Trinajstić information content (AvgIpc) is 3.17. The maximum Gasteiger partial charge on any atom is 0.335 e. The summed E-state index contributed by atoms with van der Waals surface area (Å²) in [6.45, 7) is 1.74. The Morgan fingerprint density at radius 1 is 1.11 bits per heavy atom. The maximum atomic E-state index is 15.0. The maximum absolute atomic E-state index is 15.0. The number of aliphatic carboxylic acids is 1. The van der Waals surface area contributed by atoms with Crippen LogP contribution in [0.3, 0.4) is 0 Å². The number of imidazole rings is 1. The third-order valence-electron chi connectivity index (χ3n) is 6.12. The Morgan fingerprint density at radius 2 is 1.86 bits per heavy atom. The van der Waals surface area contributed by atoms with E-state index in [2.05, 4.69) is 9.98 Å². The van der Waals surface area contributed by atoms with E-state index in [1.165, 1.54) is 24.4 Å². The summed E-state index contributed by atoms with van der Waals surface area (Å²) in [5.74, 6) is -1.57. The number of aliphatic hydroxyl groups is 3. The Bertz CT molecular complexity index is 1360. The van der Waals surface area contributed by atoms with Gasteiger partial charge < -0.3 is 29.9 Å². The molecule has 36 heavy (non-hydrogen) atoms. The molecule has 0 aliphatic carbocycles. The fourth-order valence-electron chi connectivity index (χ4n) is 4.35. The number of halogens is 2. The molecule has 4 N–H and O–H groups in total. The Kier molecular flexibility index (Phi) is 6.37. The monoisotopic (exact) mass is 517 g/mol. The number of aliphatic hydroxyl groups excluding tert-OH is 3. The van der Waals surface area contributed by atoms with Crippen molar-refractivity contribution in [3.05, 3.63) is 82.1 Å². The van der Waals surface area contributed by atoms with E-state index in [1.807, 2.05) is 0 Å². The van der Waals surface area contributed by atoms with Crippen LogP contribution in [0, 0.1) is 12.7 Å². The van der Waals surface area contributed by atoms with Gasteiger partial charge in [-0.25, -0.2) is 19.2 Å². The number of hydrogen-bond acceptors (Lipinski definition) is 8. The number of aliphatic imine (C=N–C) groups is 1. The van der Waals surface area contributed by atoms with Gasteiger partial charge in [0.2, 0.25) is 0 Å². The molecular formula is C24H21ClFN3O7. The largest absolute Gasteiger partial charge is 0.479 e. The van der Waals surface area contributed by atoms with E-state index in [-0.39, 0.29) is 11.3 Å². The average molecular weight is 518 g/mol. The Labute approximate surface area is 208 Å². The number of benzene rings is 2. The lowest BCUT2D eigenvalue weighted by Crippen LogP contribution is -2.60. The second-order valence-corrected chi connectivity index (χ2v) is 8.84. The molecule has 6 atom stereocenters. The van der Waals surface area contributed by atoms with Gasteiger partial charge in [-0.1, -0.05) is 23.7 Å². The van der Waals surface area contributed by atoms with Gasteiger partial charge in [-0.05, 0) is 37.3 Å². The minimum Gasteiger partial charge on any atom is -0.479 e. The molecule has 0 saturated carbocycles. The number of aromatic nitrogens is 2. The van der Waals surface area contributed by atoms with Gasteiger partial charge in [-0.15, -0.1) is 0 Å². The van der Waals surface area contributed by atoms with Crippen molar-refractivity contribution in [3.8, 4) is 5.69 Å². The first-order chi connectivity index (χ1) is 17.2. The van der Waals surface area contributed by atoms with E-state index < -0.39 is 48.7 Å². The van der Waals surface area contributed by atoms with E-state index in [0.29, 0.717) is 27.8 Å². The minimum atomic E-state index is -1.89. The van der Waals surface area contributed by atoms with Crippen LogP contribution in [0.4, 0.5) is 4.39 Å². The van der Waals surface area contributed by atoms with Crippen molar-refractivity contribution in [1.29, 1.82) is 0 Å². The number of nitrogens with zero attached hydrogens (tertiary/aromatic N) is 3. The molecule has 5 rings (SSSR count). The fourth-order valence-corrected chi connectivity index (χ4v) is 4.53. The van der Waals surface area contributed by atoms with Crippen molar-refractivity contribution in [3.63, 3.8) is 0 Å². The molecule has 1 saturated heterocycles. The van der Waals surface area contributed by atoms with Gasteiger partial charge in [0.1, 0.15) is 30.0 Å². The van der Waals surface area contributed by atoms with Crippen LogP contribution >= 0.6 is 11.6 Å². The molecule has 1 aromatic heterocycles. The highest BCUT2D eigenvalue weighted by Crippen LogP contribution is 2.36. The number of hydrogen-bond donors (Lipinski definition) is 4. The van der Waals surface area contributed by atoms with Crippen LogP contribution in [0.25, 0.3) is 5.69 Å². The van der Waals surface area contributed by atoms with Crippen LogP contribution in [0.5, 0.6) is 0 Å². The zero-order valence-corrected chi connectivity index (χ0v) is 19.5. The summed E-state index contributed by atoms with van der Waals surface area (Å²) >= 11 is 6.28. The zero-order valence-electron chi connectivity index (χ0n) is 18.7. The zero-order chi connectivity index (χ0) is 25.7. The van der Waals surface area contributed by atoms with Crippen molar-refractivity contribution in [1.82, 2.24) is 9.55 Å². The number of fused-ring (bicyclic) bond motifs is 3. The summed E-state index contributed by atoms with van der Waals surface area (Å²) < 4.78 is 27.9. The van der Waals surface area contributed by atoms with Crippen LogP contribution < -0.4 is 0 Å². The molecule has 188 valence electrons. The van der Waals surface area contributed by atoms with E-state index in [4.69, 9.17) is 21.1 Å². The molecule has 1 unspecified atom stereocenters. The molecule has 2 aliphatic rings. The van der Waals surface area contributed by atoms with Gasteiger partial charge in [-0.2, -0.15) is 0 Å². The lowest BCUT2D eigenvalue weighted by Gasteiger charge is -2.39. The van der Waals surface area contributed by atoms with E-state index in [9.17, 15) is 29.6 Å². The van der Waals surface area contributed by atoms with Gasteiger partial charge in [0.25, 0.3) is 0 Å². The van der Waals surface area contributed by atoms with Crippen LogP contribution in [0.1, 0.15) is 28.9 Å². The molecule has 0 amide bonds. The fraction of sp³-hybridized carbons (Fsp3) is 0.292. The molecule has 10 nitrogen and oxygen atoms in total. The highest BCUT2D eigenvalue weighted by atomic mass is 35.5. The summed E-state index contributed by atoms with van der Waals surface area (Å²) in [4.78, 5) is 20.5. The molecule has 2 aliphatic heterocycles. The Morgan fingerprint density at radius 3 is 2.58 bits per heavy atom. The topological polar surface area (TPSA) is 147 Å². The van der Waals surface area contributed by atoms with Crippen molar-refractivity contribution in [2.24, 2.45) is 4.99 Å². The SMILES string of the molecule is Cc1ncc2n1-c1ccc(Cl)cc1C(c1ccccc1F)=NC2O[C@H]1O[C@@H](C(=O)O)[C@H](O)[C@@H](O)[C@@H]1O. The molecule has 1 fully saturated rings. The van der Waals surface area contributed by atoms with Crippen molar-refractivity contribution < 1.29 is 39.1 Å². The summed E-state index contributed by atoms with van der Waals surface area (Å²) in [7, 11) is 0. The number of carbonyl (C=O) groups is 1. The van der Waals surface area contributed by atoms with E-state index in [0.717, 1.165) is 0 Å². The third-order valence-corrected chi connectivity index (χ3v) is 6.36. The molecular weight excluding hydrogens is 497 g/mol. The number of carboxylic acid groups (broad SMARTS) is 1. The predicted octanol–water partition coefficient (Wildman–Crippen LogP) is 1.73. The lowest BCUT2D eigenvalue weighted by atomic mass is 9.99. The van der Waals surface area contributed by atoms with Gasteiger partial charge in [0.05, 0.1) is 23.3 Å². The molecule has 3 heterocycles. The van der Waals surface area contributed by atoms with Gasteiger partial charge >= 0.3 is 5.97 Å². The van der Waals surface area contributed by atoms with Gasteiger partial charge in [0, 0.05) is 16.1 Å².